The summed E-state index contributed by atoms with van der Waals surface area (Å²) in [5.41, 5.74) is 0.529. The van der Waals surface area contributed by atoms with Crippen LogP contribution in [-0.4, -0.2) is 38.3 Å². The van der Waals surface area contributed by atoms with Crippen molar-refractivity contribution >= 4 is 44.2 Å². The van der Waals surface area contributed by atoms with Crippen molar-refractivity contribution in [2.45, 2.75) is 17.7 Å². The molecule has 26 heavy (non-hydrogen) atoms. The third-order valence-electron chi connectivity index (χ3n) is 4.02. The van der Waals surface area contributed by atoms with E-state index >= 15 is 0 Å². The second-order valence-electron chi connectivity index (χ2n) is 5.93. The number of carbonyl (C=O) groups is 1. The first-order valence-corrected chi connectivity index (χ1v) is 10.8. The molecule has 3 rings (SSSR count). The molecule has 2 aromatic rings. The van der Waals surface area contributed by atoms with Crippen LogP contribution >= 0.6 is 22.6 Å². The van der Waals surface area contributed by atoms with E-state index in [1.807, 2.05) is 12.1 Å². The molecule has 1 aliphatic rings. The lowest BCUT2D eigenvalue weighted by Gasteiger charge is -2.15. The summed E-state index contributed by atoms with van der Waals surface area (Å²) in [6, 6.07) is 13.6. The average molecular weight is 486 g/mol. The van der Waals surface area contributed by atoms with Gasteiger partial charge in [0.1, 0.15) is 5.75 Å². The standard InChI is InChI=1S/C18H19IN2O4S/c19-14-3-7-16(8-4-14)25-13-18(22)20-15-5-9-17(10-6-15)26(23,24)21-11-1-2-12-21/h3-10H,1-2,11-13H2,(H,20,22). The zero-order valence-corrected chi connectivity index (χ0v) is 17.0. The Morgan fingerprint density at radius 2 is 1.65 bits per heavy atom. The Balaban J connectivity index is 1.56. The van der Waals surface area contributed by atoms with Crippen LogP contribution in [-0.2, 0) is 14.8 Å². The smallest absolute Gasteiger partial charge is 0.262 e. The Hall–Kier alpha value is -1.65. The highest BCUT2D eigenvalue weighted by molar-refractivity contribution is 14.1. The van der Waals surface area contributed by atoms with Gasteiger partial charge in [0, 0.05) is 22.3 Å². The van der Waals surface area contributed by atoms with Gasteiger partial charge in [0.2, 0.25) is 10.0 Å². The molecule has 1 aliphatic heterocycles. The van der Waals surface area contributed by atoms with Crippen LogP contribution in [0.3, 0.4) is 0 Å². The van der Waals surface area contributed by atoms with Gasteiger partial charge in [0.25, 0.3) is 5.91 Å². The van der Waals surface area contributed by atoms with E-state index in [4.69, 9.17) is 4.74 Å². The molecule has 0 saturated carbocycles. The summed E-state index contributed by atoms with van der Waals surface area (Å²) in [5, 5.41) is 2.70. The van der Waals surface area contributed by atoms with Crippen molar-refractivity contribution in [1.82, 2.24) is 4.31 Å². The number of anilines is 1. The Kier molecular flexibility index (Phi) is 6.15. The minimum Gasteiger partial charge on any atom is -0.484 e. The van der Waals surface area contributed by atoms with Gasteiger partial charge in [-0.15, -0.1) is 0 Å². The quantitative estimate of drug-likeness (QED) is 0.637. The van der Waals surface area contributed by atoms with Gasteiger partial charge < -0.3 is 10.1 Å². The minimum absolute atomic E-state index is 0.117. The van der Waals surface area contributed by atoms with Gasteiger partial charge in [-0.2, -0.15) is 4.31 Å². The molecule has 8 heteroatoms. The number of benzene rings is 2. The molecule has 0 aliphatic carbocycles. The molecule has 1 amide bonds. The molecule has 0 atom stereocenters. The SMILES string of the molecule is O=C(COc1ccc(I)cc1)Nc1ccc(S(=O)(=O)N2CCCC2)cc1. The molecule has 1 heterocycles. The van der Waals surface area contributed by atoms with E-state index in [2.05, 4.69) is 27.9 Å². The average Bonchev–Trinajstić information content (AvgIpc) is 3.17. The first-order chi connectivity index (χ1) is 12.4. The number of sulfonamides is 1. The van der Waals surface area contributed by atoms with E-state index in [1.54, 1.807) is 24.3 Å². The van der Waals surface area contributed by atoms with Crippen LogP contribution < -0.4 is 10.1 Å². The number of nitrogens with zero attached hydrogens (tertiary/aromatic N) is 1. The molecule has 0 spiro atoms. The molecular weight excluding hydrogens is 467 g/mol. The molecule has 0 aromatic heterocycles. The Labute approximate surface area is 166 Å². The van der Waals surface area contributed by atoms with E-state index in [0.29, 0.717) is 24.5 Å². The summed E-state index contributed by atoms with van der Waals surface area (Å²) in [6.45, 7) is 1.02. The molecule has 1 saturated heterocycles. The second-order valence-corrected chi connectivity index (χ2v) is 9.11. The topological polar surface area (TPSA) is 75.7 Å². The summed E-state index contributed by atoms with van der Waals surface area (Å²) in [6.07, 6.45) is 1.79. The van der Waals surface area contributed by atoms with Gasteiger partial charge in [-0.05, 0) is 84.0 Å². The molecule has 138 valence electrons. The molecule has 6 nitrogen and oxygen atoms in total. The fraction of sp³-hybridized carbons (Fsp3) is 0.278. The Bertz CT molecular complexity index is 861. The van der Waals surface area contributed by atoms with E-state index in [9.17, 15) is 13.2 Å². The van der Waals surface area contributed by atoms with Gasteiger partial charge in [-0.1, -0.05) is 0 Å². The first kappa shape index (κ1) is 19.1. The number of hydrogen-bond acceptors (Lipinski definition) is 4. The second kappa shape index (κ2) is 8.36. The molecule has 0 radical (unpaired) electrons. The lowest BCUT2D eigenvalue weighted by molar-refractivity contribution is -0.118. The fourth-order valence-corrected chi connectivity index (χ4v) is 4.54. The predicted octanol–water partition coefficient (Wildman–Crippen LogP) is 3.09. The van der Waals surface area contributed by atoms with Gasteiger partial charge in [0.15, 0.2) is 6.61 Å². The maximum Gasteiger partial charge on any atom is 0.262 e. The number of halogens is 1. The molecule has 1 fully saturated rings. The third kappa shape index (κ3) is 4.74. The van der Waals surface area contributed by atoms with E-state index in [-0.39, 0.29) is 17.4 Å². The summed E-state index contributed by atoms with van der Waals surface area (Å²) >= 11 is 2.19. The molecule has 1 N–H and O–H groups in total. The molecular formula is C18H19IN2O4S. The minimum atomic E-state index is -3.44. The zero-order valence-electron chi connectivity index (χ0n) is 14.0. The van der Waals surface area contributed by atoms with Gasteiger partial charge in [-0.3, -0.25) is 4.79 Å². The van der Waals surface area contributed by atoms with Crippen LogP contribution in [0.2, 0.25) is 0 Å². The number of ether oxygens (including phenoxy) is 1. The third-order valence-corrected chi connectivity index (χ3v) is 6.66. The van der Waals surface area contributed by atoms with Crippen LogP contribution in [0.4, 0.5) is 5.69 Å². The summed E-state index contributed by atoms with van der Waals surface area (Å²) in [4.78, 5) is 12.2. The van der Waals surface area contributed by atoms with Crippen LogP contribution in [0.15, 0.2) is 53.4 Å². The highest BCUT2D eigenvalue weighted by Gasteiger charge is 2.26. The Morgan fingerprint density at radius 1 is 1.04 bits per heavy atom. The predicted molar refractivity (Wildman–Crippen MR) is 108 cm³/mol. The summed E-state index contributed by atoms with van der Waals surface area (Å²) in [5.74, 6) is 0.311. The van der Waals surface area contributed by atoms with Crippen molar-refractivity contribution in [2.75, 3.05) is 25.0 Å². The lowest BCUT2D eigenvalue weighted by Crippen LogP contribution is -2.27. The van der Waals surface area contributed by atoms with Gasteiger partial charge in [-0.25, -0.2) is 8.42 Å². The highest BCUT2D eigenvalue weighted by Crippen LogP contribution is 2.22. The van der Waals surface area contributed by atoms with E-state index < -0.39 is 10.0 Å². The Morgan fingerprint density at radius 3 is 2.27 bits per heavy atom. The van der Waals surface area contributed by atoms with Crippen molar-refractivity contribution in [3.05, 3.63) is 52.1 Å². The fourth-order valence-electron chi connectivity index (χ4n) is 2.66. The summed E-state index contributed by atoms with van der Waals surface area (Å²) < 4.78 is 32.9. The van der Waals surface area contributed by atoms with Crippen LogP contribution in [0.1, 0.15) is 12.8 Å². The van der Waals surface area contributed by atoms with Crippen LogP contribution in [0.25, 0.3) is 0 Å². The van der Waals surface area contributed by atoms with Crippen molar-refractivity contribution in [2.24, 2.45) is 0 Å². The maximum absolute atomic E-state index is 12.5. The van der Waals surface area contributed by atoms with E-state index in [0.717, 1.165) is 16.4 Å². The van der Waals surface area contributed by atoms with Crippen molar-refractivity contribution in [3.63, 3.8) is 0 Å². The monoisotopic (exact) mass is 486 g/mol. The van der Waals surface area contributed by atoms with Crippen LogP contribution in [0, 0.1) is 3.57 Å². The van der Waals surface area contributed by atoms with Crippen molar-refractivity contribution in [3.8, 4) is 5.75 Å². The van der Waals surface area contributed by atoms with Crippen molar-refractivity contribution in [1.29, 1.82) is 0 Å². The van der Waals surface area contributed by atoms with Gasteiger partial charge >= 0.3 is 0 Å². The molecule has 2 aromatic carbocycles. The number of nitrogens with one attached hydrogen (secondary N) is 1. The normalized spacial score (nSPS) is 15.0. The number of carbonyl (C=O) groups excluding carboxylic acids is 1. The summed E-state index contributed by atoms with van der Waals surface area (Å²) in [7, 11) is -3.44. The number of hydrogen-bond donors (Lipinski definition) is 1. The largest absolute Gasteiger partial charge is 0.484 e. The van der Waals surface area contributed by atoms with Crippen molar-refractivity contribution < 1.29 is 17.9 Å². The van der Waals surface area contributed by atoms with Crippen LogP contribution in [0.5, 0.6) is 5.75 Å². The highest BCUT2D eigenvalue weighted by atomic mass is 127. The zero-order chi connectivity index (χ0) is 18.6. The lowest BCUT2D eigenvalue weighted by atomic mass is 10.3. The number of rotatable bonds is 6. The first-order valence-electron chi connectivity index (χ1n) is 8.23. The molecule has 0 bridgehead atoms. The van der Waals surface area contributed by atoms with E-state index in [1.165, 1.54) is 16.4 Å². The van der Waals surface area contributed by atoms with Gasteiger partial charge in [0.05, 0.1) is 4.90 Å². The number of amides is 1. The molecule has 0 unspecified atom stereocenters. The maximum atomic E-state index is 12.5.